The van der Waals surface area contributed by atoms with Gasteiger partial charge in [0.05, 0.1) is 21.3 Å². The lowest BCUT2D eigenvalue weighted by Crippen LogP contribution is -2.07. The first kappa shape index (κ1) is 21.7. The van der Waals surface area contributed by atoms with Gasteiger partial charge in [-0.1, -0.05) is 11.6 Å². The maximum Gasteiger partial charge on any atom is 0.423 e. The van der Waals surface area contributed by atoms with Crippen molar-refractivity contribution in [2.75, 3.05) is 21.3 Å². The van der Waals surface area contributed by atoms with E-state index in [-0.39, 0.29) is 12.4 Å². The van der Waals surface area contributed by atoms with Gasteiger partial charge in [0.2, 0.25) is 5.75 Å². The quantitative estimate of drug-likeness (QED) is 0.434. The Labute approximate surface area is 175 Å². The molecule has 0 fully saturated rings. The van der Waals surface area contributed by atoms with Crippen LogP contribution in [0.25, 0.3) is 11.3 Å². The Hall–Kier alpha value is -3.00. The molecule has 9 heteroatoms. The summed E-state index contributed by atoms with van der Waals surface area (Å²) in [6, 6.07) is 10.3. The van der Waals surface area contributed by atoms with Crippen LogP contribution in [0.4, 0.5) is 13.2 Å². The molecule has 1 heterocycles. The third-order valence-electron chi connectivity index (χ3n) is 4.23. The van der Waals surface area contributed by atoms with Gasteiger partial charge in [-0.2, -0.15) is 13.2 Å². The predicted molar refractivity (Wildman–Crippen MR) is 105 cm³/mol. The van der Waals surface area contributed by atoms with Crippen molar-refractivity contribution < 1.29 is 36.5 Å². The third-order valence-corrected chi connectivity index (χ3v) is 4.48. The molecule has 0 aliphatic heterocycles. The molecule has 0 N–H and O–H groups in total. The van der Waals surface area contributed by atoms with E-state index in [9.17, 15) is 13.2 Å². The van der Waals surface area contributed by atoms with Gasteiger partial charge < -0.3 is 23.4 Å². The van der Waals surface area contributed by atoms with Gasteiger partial charge in [0.25, 0.3) is 5.95 Å². The molecule has 0 atom stereocenters. The topological polar surface area (TPSA) is 50.1 Å². The highest BCUT2D eigenvalue weighted by Gasteiger charge is 2.38. The van der Waals surface area contributed by atoms with E-state index >= 15 is 0 Å². The number of alkyl halides is 3. The summed E-state index contributed by atoms with van der Waals surface area (Å²) in [5, 5.41) is 0.459. The molecule has 2 aromatic carbocycles. The second-order valence-electron chi connectivity index (χ2n) is 6.14. The minimum Gasteiger partial charge on any atom is -0.493 e. The lowest BCUT2D eigenvalue weighted by molar-refractivity contribution is -0.139. The molecule has 0 aliphatic rings. The highest BCUT2D eigenvalue weighted by molar-refractivity contribution is 6.30. The van der Waals surface area contributed by atoms with Crippen LogP contribution in [0.3, 0.4) is 0 Å². The maximum atomic E-state index is 13.5. The number of halogens is 4. The van der Waals surface area contributed by atoms with Gasteiger partial charge in [-0.25, -0.2) is 0 Å². The lowest BCUT2D eigenvalue weighted by Gasteiger charge is -2.14. The SMILES string of the molecule is COc1cc(COc2oc(-c3ccc(Cl)cc3)cc2C(F)(F)F)cc(OC)c1OC. The number of rotatable bonds is 7. The second kappa shape index (κ2) is 8.79. The van der Waals surface area contributed by atoms with Crippen LogP contribution in [0.2, 0.25) is 5.02 Å². The van der Waals surface area contributed by atoms with Gasteiger partial charge in [0.1, 0.15) is 17.9 Å². The smallest absolute Gasteiger partial charge is 0.423 e. The van der Waals surface area contributed by atoms with Crippen LogP contribution in [0.1, 0.15) is 11.1 Å². The highest BCUT2D eigenvalue weighted by Crippen LogP contribution is 2.43. The van der Waals surface area contributed by atoms with E-state index in [4.69, 9.17) is 35.0 Å². The van der Waals surface area contributed by atoms with Crippen molar-refractivity contribution >= 4 is 11.6 Å². The Morgan fingerprint density at radius 1 is 0.900 bits per heavy atom. The Balaban J connectivity index is 1.92. The highest BCUT2D eigenvalue weighted by atomic mass is 35.5. The van der Waals surface area contributed by atoms with Crippen LogP contribution in [0, 0.1) is 0 Å². The normalized spacial score (nSPS) is 11.3. The van der Waals surface area contributed by atoms with Gasteiger partial charge in [0.15, 0.2) is 11.5 Å². The maximum absolute atomic E-state index is 13.5. The molecule has 0 spiro atoms. The van der Waals surface area contributed by atoms with E-state index in [2.05, 4.69) is 0 Å². The van der Waals surface area contributed by atoms with Crippen molar-refractivity contribution in [3.05, 3.63) is 58.6 Å². The summed E-state index contributed by atoms with van der Waals surface area (Å²) in [6.07, 6.45) is -4.65. The molecular formula is C21H18ClF3O5. The molecule has 0 saturated carbocycles. The van der Waals surface area contributed by atoms with Crippen molar-refractivity contribution in [3.63, 3.8) is 0 Å². The van der Waals surface area contributed by atoms with Gasteiger partial charge in [-0.15, -0.1) is 0 Å². The second-order valence-corrected chi connectivity index (χ2v) is 6.58. The number of hydrogen-bond donors (Lipinski definition) is 0. The predicted octanol–water partition coefficient (Wildman–Crippen LogP) is 6.22. The number of hydrogen-bond acceptors (Lipinski definition) is 5. The molecule has 5 nitrogen and oxygen atoms in total. The van der Waals surface area contributed by atoms with Crippen LogP contribution in [0.15, 0.2) is 46.9 Å². The third kappa shape index (κ3) is 4.59. The fourth-order valence-corrected chi connectivity index (χ4v) is 2.93. The van der Waals surface area contributed by atoms with Crippen LogP contribution in [0.5, 0.6) is 23.2 Å². The first-order chi connectivity index (χ1) is 14.3. The zero-order chi connectivity index (χ0) is 21.9. The largest absolute Gasteiger partial charge is 0.493 e. The number of ether oxygens (including phenoxy) is 4. The van der Waals surface area contributed by atoms with E-state index in [1.807, 2.05) is 0 Å². The molecule has 30 heavy (non-hydrogen) atoms. The van der Waals surface area contributed by atoms with Crippen LogP contribution < -0.4 is 18.9 Å². The first-order valence-corrected chi connectivity index (χ1v) is 9.03. The van der Waals surface area contributed by atoms with Gasteiger partial charge in [0, 0.05) is 16.7 Å². The zero-order valence-electron chi connectivity index (χ0n) is 16.3. The first-order valence-electron chi connectivity index (χ1n) is 8.65. The summed E-state index contributed by atoms with van der Waals surface area (Å²) in [5.74, 6) is 0.448. The van der Waals surface area contributed by atoms with E-state index in [1.54, 1.807) is 36.4 Å². The van der Waals surface area contributed by atoms with Crippen molar-refractivity contribution in [1.29, 1.82) is 0 Å². The number of benzene rings is 2. The molecule has 0 radical (unpaired) electrons. The lowest BCUT2D eigenvalue weighted by atomic mass is 10.1. The molecular weight excluding hydrogens is 425 g/mol. The van der Waals surface area contributed by atoms with Crippen molar-refractivity contribution in [2.24, 2.45) is 0 Å². The molecule has 0 saturated heterocycles. The molecule has 0 amide bonds. The van der Waals surface area contributed by atoms with Gasteiger partial charge in [-0.3, -0.25) is 0 Å². The molecule has 3 aromatic rings. The summed E-state index contributed by atoms with van der Waals surface area (Å²) in [5.41, 5.74) is -0.0745. The molecule has 0 bridgehead atoms. The number of furan rings is 1. The summed E-state index contributed by atoms with van der Waals surface area (Å²) in [7, 11) is 4.33. The number of methoxy groups -OCH3 is 3. The van der Waals surface area contributed by atoms with Crippen molar-refractivity contribution in [2.45, 2.75) is 12.8 Å². The molecule has 3 rings (SSSR count). The fourth-order valence-electron chi connectivity index (χ4n) is 2.80. The Morgan fingerprint density at radius 2 is 1.50 bits per heavy atom. The fraction of sp³-hybridized carbons (Fsp3) is 0.238. The van der Waals surface area contributed by atoms with Crippen LogP contribution in [-0.2, 0) is 12.8 Å². The van der Waals surface area contributed by atoms with E-state index in [1.165, 1.54) is 21.3 Å². The zero-order valence-corrected chi connectivity index (χ0v) is 17.1. The molecule has 160 valence electrons. The Bertz CT molecular complexity index is 987. The summed E-state index contributed by atoms with van der Waals surface area (Å²) < 4.78 is 66.9. The van der Waals surface area contributed by atoms with Crippen molar-refractivity contribution in [1.82, 2.24) is 0 Å². The van der Waals surface area contributed by atoms with Crippen molar-refractivity contribution in [3.8, 4) is 34.5 Å². The summed E-state index contributed by atoms with van der Waals surface area (Å²) in [6.45, 7) is -0.215. The average molecular weight is 443 g/mol. The standard InChI is InChI=1S/C21H18ClF3O5/c1-26-17-8-12(9-18(27-2)19(17)28-3)11-29-20-15(21(23,24)25)10-16(30-20)13-4-6-14(22)7-5-13/h4-10H,11H2,1-3H3. The van der Waals surface area contributed by atoms with E-state index in [0.717, 1.165) is 6.07 Å². The van der Waals surface area contributed by atoms with Crippen LogP contribution in [-0.4, -0.2) is 21.3 Å². The molecule has 0 unspecified atom stereocenters. The molecule has 1 aromatic heterocycles. The summed E-state index contributed by atoms with van der Waals surface area (Å²) in [4.78, 5) is 0. The average Bonchev–Trinajstić information content (AvgIpc) is 3.16. The van der Waals surface area contributed by atoms with Gasteiger partial charge >= 0.3 is 6.18 Å². The Morgan fingerprint density at radius 3 is 2.00 bits per heavy atom. The van der Waals surface area contributed by atoms with E-state index < -0.39 is 17.7 Å². The Kier molecular flexibility index (Phi) is 6.36. The monoisotopic (exact) mass is 442 g/mol. The summed E-state index contributed by atoms with van der Waals surface area (Å²) >= 11 is 5.83. The van der Waals surface area contributed by atoms with Gasteiger partial charge in [-0.05, 0) is 42.0 Å². The van der Waals surface area contributed by atoms with E-state index in [0.29, 0.717) is 33.4 Å². The minimum atomic E-state index is -4.65. The molecule has 0 aliphatic carbocycles. The van der Waals surface area contributed by atoms with Crippen LogP contribution >= 0.6 is 11.6 Å². The minimum absolute atomic E-state index is 0.0129.